The molecule has 3 amide bonds. The van der Waals surface area contributed by atoms with Gasteiger partial charge in [-0.05, 0) is 53.0 Å². The third-order valence-corrected chi connectivity index (χ3v) is 6.04. The second-order valence-corrected chi connectivity index (χ2v) is 8.64. The van der Waals surface area contributed by atoms with Crippen molar-refractivity contribution in [2.45, 2.75) is 25.8 Å². The highest BCUT2D eigenvalue weighted by Gasteiger charge is 2.38. The van der Waals surface area contributed by atoms with Crippen molar-refractivity contribution in [3.8, 4) is 0 Å². The Morgan fingerprint density at radius 1 is 1.23 bits per heavy atom. The van der Waals surface area contributed by atoms with Gasteiger partial charge in [0.15, 0.2) is 0 Å². The average Bonchev–Trinajstić information content (AvgIpc) is 3.39. The van der Waals surface area contributed by atoms with Crippen molar-refractivity contribution in [3.05, 3.63) is 47.0 Å². The Bertz CT molecular complexity index is 916. The summed E-state index contributed by atoms with van der Waals surface area (Å²) in [6, 6.07) is 7.13. The van der Waals surface area contributed by atoms with Crippen LogP contribution in [0.5, 0.6) is 0 Å². The van der Waals surface area contributed by atoms with Crippen LogP contribution in [-0.4, -0.2) is 52.1 Å². The van der Waals surface area contributed by atoms with Crippen molar-refractivity contribution in [3.63, 3.8) is 0 Å². The minimum absolute atomic E-state index is 0.0441. The number of carbonyl (C=O) groups excluding carboxylic acids is 3. The van der Waals surface area contributed by atoms with E-state index in [2.05, 4.69) is 26.2 Å². The molecule has 2 aromatic rings. The second kappa shape index (κ2) is 8.99. The van der Waals surface area contributed by atoms with Gasteiger partial charge in [0.05, 0.1) is 24.6 Å². The Hall–Kier alpha value is -2.68. The number of furan rings is 1. The number of aromatic nitrogens is 1. The molecule has 2 aromatic heterocycles. The number of halogens is 1. The van der Waals surface area contributed by atoms with E-state index >= 15 is 0 Å². The highest BCUT2D eigenvalue weighted by atomic mass is 79.9. The Morgan fingerprint density at radius 3 is 2.83 bits per heavy atom. The maximum Gasteiger partial charge on any atom is 0.230 e. The first-order valence-electron chi connectivity index (χ1n) is 10.0. The minimum atomic E-state index is -0.373. The standard InChI is InChI=1S/C21H23BrN4O4/c22-16-5-6-18(23-10-16)24-20(28)14-3-1-7-25(11-14)21(29)15-9-19(27)26(12-15)13-17-4-2-8-30-17/h2,4-6,8,10,14-15H,1,3,7,9,11-13H2,(H,23,24,28). The van der Waals surface area contributed by atoms with Gasteiger partial charge in [-0.3, -0.25) is 14.4 Å². The van der Waals surface area contributed by atoms with Crippen LogP contribution in [0, 0.1) is 11.8 Å². The number of nitrogens with one attached hydrogen (secondary N) is 1. The maximum absolute atomic E-state index is 13.0. The summed E-state index contributed by atoms with van der Waals surface area (Å²) in [6.45, 7) is 1.74. The van der Waals surface area contributed by atoms with Gasteiger partial charge in [-0.25, -0.2) is 4.98 Å². The summed E-state index contributed by atoms with van der Waals surface area (Å²) in [7, 11) is 0. The molecule has 0 saturated carbocycles. The number of pyridine rings is 1. The van der Waals surface area contributed by atoms with Crippen molar-refractivity contribution in [2.24, 2.45) is 11.8 Å². The van der Waals surface area contributed by atoms with Gasteiger partial charge in [0.1, 0.15) is 11.6 Å². The van der Waals surface area contributed by atoms with Crippen LogP contribution in [0.15, 0.2) is 45.6 Å². The maximum atomic E-state index is 13.0. The monoisotopic (exact) mass is 474 g/mol. The first-order valence-corrected chi connectivity index (χ1v) is 10.8. The molecule has 0 aromatic carbocycles. The van der Waals surface area contributed by atoms with Gasteiger partial charge in [0.25, 0.3) is 0 Å². The number of likely N-dealkylation sites (tertiary alicyclic amines) is 2. The number of piperidine rings is 1. The Kier molecular flexibility index (Phi) is 6.17. The van der Waals surface area contributed by atoms with Crippen molar-refractivity contribution in [2.75, 3.05) is 25.0 Å². The van der Waals surface area contributed by atoms with E-state index in [4.69, 9.17) is 4.42 Å². The largest absolute Gasteiger partial charge is 0.467 e. The molecular formula is C21H23BrN4O4. The third-order valence-electron chi connectivity index (χ3n) is 5.57. The number of anilines is 1. The summed E-state index contributed by atoms with van der Waals surface area (Å²) in [5, 5.41) is 2.83. The summed E-state index contributed by atoms with van der Waals surface area (Å²) < 4.78 is 6.15. The third kappa shape index (κ3) is 4.72. The lowest BCUT2D eigenvalue weighted by molar-refractivity contribution is -0.138. The fourth-order valence-corrected chi connectivity index (χ4v) is 4.24. The predicted molar refractivity (Wildman–Crippen MR) is 112 cm³/mol. The molecule has 0 radical (unpaired) electrons. The zero-order valence-electron chi connectivity index (χ0n) is 16.4. The number of amides is 3. The Labute approximate surface area is 182 Å². The topological polar surface area (TPSA) is 95.8 Å². The molecule has 2 atom stereocenters. The van der Waals surface area contributed by atoms with E-state index in [0.29, 0.717) is 37.8 Å². The summed E-state index contributed by atoms with van der Waals surface area (Å²) in [5.74, 6) is 0.299. The minimum Gasteiger partial charge on any atom is -0.467 e. The van der Waals surface area contributed by atoms with Crippen LogP contribution in [-0.2, 0) is 20.9 Å². The first-order chi connectivity index (χ1) is 14.5. The highest BCUT2D eigenvalue weighted by Crippen LogP contribution is 2.26. The molecule has 0 spiro atoms. The van der Waals surface area contributed by atoms with Crippen LogP contribution in [0.25, 0.3) is 0 Å². The van der Waals surface area contributed by atoms with Gasteiger partial charge in [-0.1, -0.05) is 0 Å². The van der Waals surface area contributed by atoms with E-state index in [-0.39, 0.29) is 36.0 Å². The van der Waals surface area contributed by atoms with Crippen molar-refractivity contribution < 1.29 is 18.8 Å². The lowest BCUT2D eigenvalue weighted by atomic mass is 9.95. The van der Waals surface area contributed by atoms with Gasteiger partial charge in [-0.15, -0.1) is 0 Å². The molecule has 2 fully saturated rings. The lowest BCUT2D eigenvalue weighted by Gasteiger charge is -2.33. The summed E-state index contributed by atoms with van der Waals surface area (Å²) >= 11 is 3.32. The zero-order chi connectivity index (χ0) is 21.1. The molecule has 9 heteroatoms. The molecule has 1 N–H and O–H groups in total. The molecule has 0 bridgehead atoms. The van der Waals surface area contributed by atoms with Crippen LogP contribution < -0.4 is 5.32 Å². The van der Waals surface area contributed by atoms with E-state index in [1.54, 1.807) is 34.4 Å². The second-order valence-electron chi connectivity index (χ2n) is 7.73. The Morgan fingerprint density at radius 2 is 2.10 bits per heavy atom. The van der Waals surface area contributed by atoms with E-state index in [1.165, 1.54) is 0 Å². The van der Waals surface area contributed by atoms with Crippen LogP contribution in [0.2, 0.25) is 0 Å². The lowest BCUT2D eigenvalue weighted by Crippen LogP contribution is -2.46. The van der Waals surface area contributed by atoms with E-state index in [9.17, 15) is 14.4 Å². The summed E-state index contributed by atoms with van der Waals surface area (Å²) in [4.78, 5) is 45.6. The quantitative estimate of drug-likeness (QED) is 0.718. The number of hydrogen-bond acceptors (Lipinski definition) is 5. The Balaban J connectivity index is 1.33. The molecule has 2 aliphatic rings. The molecule has 2 aliphatic heterocycles. The normalized spacial score (nSPS) is 21.7. The fourth-order valence-electron chi connectivity index (χ4n) is 4.01. The molecule has 2 saturated heterocycles. The number of carbonyl (C=O) groups is 3. The molecular weight excluding hydrogens is 452 g/mol. The van der Waals surface area contributed by atoms with Gasteiger partial charge in [0.2, 0.25) is 17.7 Å². The van der Waals surface area contributed by atoms with Crippen molar-refractivity contribution in [1.29, 1.82) is 0 Å². The predicted octanol–water partition coefficient (Wildman–Crippen LogP) is 2.66. The molecule has 4 heterocycles. The molecule has 2 unspecified atom stereocenters. The van der Waals surface area contributed by atoms with E-state index in [1.807, 2.05) is 12.1 Å². The molecule has 30 heavy (non-hydrogen) atoms. The zero-order valence-corrected chi connectivity index (χ0v) is 18.0. The first kappa shape index (κ1) is 20.6. The molecule has 8 nitrogen and oxygen atoms in total. The van der Waals surface area contributed by atoms with Crippen LogP contribution >= 0.6 is 15.9 Å². The number of rotatable bonds is 5. The SMILES string of the molecule is O=C(Nc1ccc(Br)cn1)C1CCCN(C(=O)C2CC(=O)N(Cc3ccco3)C2)C1. The van der Waals surface area contributed by atoms with Gasteiger partial charge >= 0.3 is 0 Å². The van der Waals surface area contributed by atoms with Crippen molar-refractivity contribution in [1.82, 2.24) is 14.8 Å². The molecule has 0 aliphatic carbocycles. The van der Waals surface area contributed by atoms with Gasteiger partial charge in [0, 0.05) is 36.7 Å². The van der Waals surface area contributed by atoms with E-state index in [0.717, 1.165) is 17.3 Å². The average molecular weight is 475 g/mol. The van der Waals surface area contributed by atoms with Crippen LogP contribution in [0.3, 0.4) is 0 Å². The number of nitrogens with zero attached hydrogens (tertiary/aromatic N) is 3. The van der Waals surface area contributed by atoms with Crippen molar-refractivity contribution >= 4 is 39.5 Å². The van der Waals surface area contributed by atoms with Crippen LogP contribution in [0.4, 0.5) is 5.82 Å². The van der Waals surface area contributed by atoms with Gasteiger partial charge in [-0.2, -0.15) is 0 Å². The molecule has 4 rings (SSSR count). The summed E-state index contributed by atoms with van der Waals surface area (Å²) in [5.41, 5.74) is 0. The molecule has 158 valence electrons. The summed E-state index contributed by atoms with van der Waals surface area (Å²) in [6.07, 6.45) is 4.88. The van der Waals surface area contributed by atoms with E-state index < -0.39 is 0 Å². The highest BCUT2D eigenvalue weighted by molar-refractivity contribution is 9.10. The van der Waals surface area contributed by atoms with Gasteiger partial charge < -0.3 is 19.5 Å². The smallest absolute Gasteiger partial charge is 0.230 e. The number of hydrogen-bond donors (Lipinski definition) is 1. The van der Waals surface area contributed by atoms with Crippen LogP contribution in [0.1, 0.15) is 25.0 Å². The fraction of sp³-hybridized carbons (Fsp3) is 0.429.